The number of sulfone groups is 1. The van der Waals surface area contributed by atoms with Crippen molar-refractivity contribution in [1.82, 2.24) is 0 Å². The maximum Gasteiger partial charge on any atom is 0.175 e. The lowest BCUT2D eigenvalue weighted by molar-refractivity contribution is 0.602. The molecule has 1 aromatic carbocycles. The second kappa shape index (κ2) is 5.65. The SMILES string of the molecule is Cc1ccc(S(C)(=O)=O)cc1NCc1ccc(C#N)s1. The number of nitriles is 1. The van der Waals surface area contributed by atoms with Crippen molar-refractivity contribution in [1.29, 1.82) is 5.26 Å². The van der Waals surface area contributed by atoms with Gasteiger partial charge in [0.15, 0.2) is 9.84 Å². The molecule has 0 saturated heterocycles. The highest BCUT2D eigenvalue weighted by Gasteiger charge is 2.09. The van der Waals surface area contributed by atoms with Crippen molar-refractivity contribution < 1.29 is 8.42 Å². The highest BCUT2D eigenvalue weighted by molar-refractivity contribution is 7.90. The van der Waals surface area contributed by atoms with E-state index in [0.717, 1.165) is 16.1 Å². The average molecular weight is 306 g/mol. The van der Waals surface area contributed by atoms with Crippen molar-refractivity contribution in [3.8, 4) is 6.07 Å². The van der Waals surface area contributed by atoms with Crippen molar-refractivity contribution >= 4 is 26.9 Å². The summed E-state index contributed by atoms with van der Waals surface area (Å²) in [5, 5.41) is 12.0. The van der Waals surface area contributed by atoms with Gasteiger partial charge in [0.1, 0.15) is 10.9 Å². The molecule has 2 rings (SSSR count). The molecule has 0 spiro atoms. The molecule has 0 amide bonds. The molecule has 1 N–H and O–H groups in total. The van der Waals surface area contributed by atoms with Gasteiger partial charge in [-0.05, 0) is 36.8 Å². The predicted molar refractivity (Wildman–Crippen MR) is 80.6 cm³/mol. The van der Waals surface area contributed by atoms with E-state index in [1.165, 1.54) is 17.6 Å². The lowest BCUT2D eigenvalue weighted by Crippen LogP contribution is -2.03. The van der Waals surface area contributed by atoms with Crippen molar-refractivity contribution in [3.05, 3.63) is 45.6 Å². The molecule has 0 atom stereocenters. The van der Waals surface area contributed by atoms with Gasteiger partial charge in [-0.3, -0.25) is 0 Å². The van der Waals surface area contributed by atoms with E-state index < -0.39 is 9.84 Å². The molecule has 0 unspecified atom stereocenters. The molecule has 104 valence electrons. The number of rotatable bonds is 4. The Morgan fingerprint density at radius 3 is 2.65 bits per heavy atom. The molecule has 0 aliphatic carbocycles. The van der Waals surface area contributed by atoms with Gasteiger partial charge < -0.3 is 5.32 Å². The Labute approximate surface area is 122 Å². The second-order valence-electron chi connectivity index (χ2n) is 4.48. The Bertz CT molecular complexity index is 771. The van der Waals surface area contributed by atoms with Crippen molar-refractivity contribution in [2.45, 2.75) is 18.4 Å². The first-order valence-corrected chi connectivity index (χ1v) is 8.64. The van der Waals surface area contributed by atoms with Gasteiger partial charge in [-0.25, -0.2) is 8.42 Å². The monoisotopic (exact) mass is 306 g/mol. The molecule has 1 aromatic heterocycles. The zero-order valence-corrected chi connectivity index (χ0v) is 12.8. The van der Waals surface area contributed by atoms with E-state index >= 15 is 0 Å². The normalized spacial score (nSPS) is 11.1. The molecule has 0 radical (unpaired) electrons. The molecule has 4 nitrogen and oxygen atoms in total. The van der Waals surface area contributed by atoms with E-state index in [9.17, 15) is 8.42 Å². The zero-order valence-electron chi connectivity index (χ0n) is 11.2. The van der Waals surface area contributed by atoms with Gasteiger partial charge in [0.2, 0.25) is 0 Å². The first-order valence-electron chi connectivity index (χ1n) is 5.93. The third kappa shape index (κ3) is 3.38. The maximum absolute atomic E-state index is 11.6. The van der Waals surface area contributed by atoms with Gasteiger partial charge in [-0.15, -0.1) is 11.3 Å². The molecular formula is C14H14N2O2S2. The van der Waals surface area contributed by atoms with Crippen molar-refractivity contribution in [3.63, 3.8) is 0 Å². The summed E-state index contributed by atoms with van der Waals surface area (Å²) in [4.78, 5) is 2.00. The topological polar surface area (TPSA) is 70.0 Å². The fourth-order valence-electron chi connectivity index (χ4n) is 1.74. The van der Waals surface area contributed by atoms with Gasteiger partial charge in [-0.1, -0.05) is 6.07 Å². The minimum absolute atomic E-state index is 0.300. The largest absolute Gasteiger partial charge is 0.380 e. The van der Waals surface area contributed by atoms with Gasteiger partial charge >= 0.3 is 0 Å². The van der Waals surface area contributed by atoms with Crippen LogP contribution < -0.4 is 5.32 Å². The van der Waals surface area contributed by atoms with Crippen LogP contribution in [-0.4, -0.2) is 14.7 Å². The van der Waals surface area contributed by atoms with E-state index in [0.29, 0.717) is 16.3 Å². The maximum atomic E-state index is 11.6. The molecule has 0 aliphatic heterocycles. The minimum atomic E-state index is -3.21. The Morgan fingerprint density at radius 1 is 1.30 bits per heavy atom. The quantitative estimate of drug-likeness (QED) is 0.943. The summed E-state index contributed by atoms with van der Waals surface area (Å²) in [7, 11) is -3.21. The standard InChI is InChI=1S/C14H14N2O2S2/c1-10-3-6-13(20(2,17)18)7-14(10)16-9-12-5-4-11(8-15)19-12/h3-7,16H,9H2,1-2H3. The Balaban J connectivity index is 2.19. The number of aryl methyl sites for hydroxylation is 1. The summed E-state index contributed by atoms with van der Waals surface area (Å²) in [6, 6.07) is 10.8. The Morgan fingerprint density at radius 2 is 2.05 bits per heavy atom. The summed E-state index contributed by atoms with van der Waals surface area (Å²) < 4.78 is 23.1. The molecule has 1 heterocycles. The first-order chi connectivity index (χ1) is 9.40. The fourth-order valence-corrected chi connectivity index (χ4v) is 3.13. The van der Waals surface area contributed by atoms with Crippen LogP contribution in [0.25, 0.3) is 0 Å². The number of hydrogen-bond acceptors (Lipinski definition) is 5. The van der Waals surface area contributed by atoms with Gasteiger partial charge in [0.25, 0.3) is 0 Å². The summed E-state index contributed by atoms with van der Waals surface area (Å²) in [5.41, 5.74) is 1.77. The van der Waals surface area contributed by atoms with E-state index in [1.807, 2.05) is 13.0 Å². The van der Waals surface area contributed by atoms with Crippen LogP contribution in [0.1, 0.15) is 15.3 Å². The number of anilines is 1. The third-order valence-corrected chi connectivity index (χ3v) is 4.96. The lowest BCUT2D eigenvalue weighted by atomic mass is 10.2. The summed E-state index contributed by atoms with van der Waals surface area (Å²) in [6.07, 6.45) is 1.19. The molecule has 0 aliphatic rings. The molecule has 0 bridgehead atoms. The van der Waals surface area contributed by atoms with Crippen LogP contribution in [0.15, 0.2) is 35.2 Å². The smallest absolute Gasteiger partial charge is 0.175 e. The lowest BCUT2D eigenvalue weighted by Gasteiger charge is -2.10. The zero-order chi connectivity index (χ0) is 14.8. The van der Waals surface area contributed by atoms with E-state index in [1.54, 1.807) is 24.3 Å². The molecule has 0 fully saturated rings. The van der Waals surface area contributed by atoms with Crippen molar-refractivity contribution in [2.75, 3.05) is 11.6 Å². The van der Waals surface area contributed by atoms with Gasteiger partial charge in [0, 0.05) is 23.4 Å². The summed E-state index contributed by atoms with van der Waals surface area (Å²) in [6.45, 7) is 2.49. The Kier molecular flexibility index (Phi) is 4.12. The summed E-state index contributed by atoms with van der Waals surface area (Å²) in [5.74, 6) is 0. The Hall–Kier alpha value is -1.84. The number of nitrogens with zero attached hydrogens (tertiary/aromatic N) is 1. The first kappa shape index (κ1) is 14.6. The van der Waals surface area contributed by atoms with E-state index in [-0.39, 0.29) is 0 Å². The molecule has 0 saturated carbocycles. The van der Waals surface area contributed by atoms with E-state index in [4.69, 9.17) is 5.26 Å². The van der Waals surface area contributed by atoms with Crippen LogP contribution in [0.4, 0.5) is 5.69 Å². The summed E-state index contributed by atoms with van der Waals surface area (Å²) >= 11 is 1.43. The predicted octanol–water partition coefficient (Wildman–Crippen LogP) is 2.94. The third-order valence-electron chi connectivity index (χ3n) is 2.86. The number of thiophene rings is 1. The van der Waals surface area contributed by atoms with Crippen LogP contribution in [0.5, 0.6) is 0 Å². The van der Waals surface area contributed by atoms with Crippen LogP contribution in [0.2, 0.25) is 0 Å². The molecular weight excluding hydrogens is 292 g/mol. The minimum Gasteiger partial charge on any atom is -0.380 e. The van der Waals surface area contributed by atoms with Gasteiger partial charge in [-0.2, -0.15) is 5.26 Å². The van der Waals surface area contributed by atoms with E-state index in [2.05, 4.69) is 11.4 Å². The average Bonchev–Trinajstić information content (AvgIpc) is 2.84. The molecule has 6 heteroatoms. The number of hydrogen-bond donors (Lipinski definition) is 1. The number of benzene rings is 1. The van der Waals surface area contributed by atoms with Gasteiger partial charge in [0.05, 0.1) is 4.90 Å². The van der Waals surface area contributed by atoms with Crippen LogP contribution in [0, 0.1) is 18.3 Å². The second-order valence-corrected chi connectivity index (χ2v) is 7.66. The van der Waals surface area contributed by atoms with Crippen LogP contribution in [0.3, 0.4) is 0 Å². The molecule has 2 aromatic rings. The van der Waals surface area contributed by atoms with Crippen LogP contribution >= 0.6 is 11.3 Å². The molecule has 20 heavy (non-hydrogen) atoms. The van der Waals surface area contributed by atoms with Crippen molar-refractivity contribution in [2.24, 2.45) is 0 Å². The fraction of sp³-hybridized carbons (Fsp3) is 0.214. The number of nitrogens with one attached hydrogen (secondary N) is 1. The van der Waals surface area contributed by atoms with Crippen LogP contribution in [-0.2, 0) is 16.4 Å². The highest BCUT2D eigenvalue weighted by atomic mass is 32.2. The highest BCUT2D eigenvalue weighted by Crippen LogP contribution is 2.22.